The predicted molar refractivity (Wildman–Crippen MR) is 127 cm³/mol. The Kier molecular flexibility index (Phi) is 5.82. The molecule has 146 valence electrons. The van der Waals surface area contributed by atoms with Crippen molar-refractivity contribution < 1.29 is 8.42 Å². The van der Waals surface area contributed by atoms with Crippen LogP contribution in [0.5, 0.6) is 0 Å². The Balaban J connectivity index is 1.75. The number of nitrogens with zero attached hydrogens (tertiary/aromatic N) is 1. The maximum absolute atomic E-state index is 13.0. The third-order valence-corrected chi connectivity index (χ3v) is 7.80. The second-order valence-electron chi connectivity index (χ2n) is 6.60. The van der Waals surface area contributed by atoms with Gasteiger partial charge in [-0.15, -0.1) is 0 Å². The molecule has 0 saturated carbocycles. The summed E-state index contributed by atoms with van der Waals surface area (Å²) in [5, 5.41) is 5.30. The third kappa shape index (κ3) is 4.00. The molecule has 0 aromatic heterocycles. The van der Waals surface area contributed by atoms with Crippen LogP contribution < -0.4 is 14.9 Å². The van der Waals surface area contributed by atoms with Crippen molar-refractivity contribution in [2.75, 3.05) is 35.8 Å². The van der Waals surface area contributed by atoms with Gasteiger partial charge in [-0.25, -0.2) is 8.42 Å². The third-order valence-electron chi connectivity index (χ3n) is 4.79. The van der Waals surface area contributed by atoms with Gasteiger partial charge in [0.2, 0.25) is 0 Å². The van der Waals surface area contributed by atoms with E-state index in [9.17, 15) is 8.42 Å². The van der Waals surface area contributed by atoms with E-state index in [1.165, 1.54) is 0 Å². The lowest BCUT2D eigenvalue weighted by atomic mass is 10.1. The van der Waals surface area contributed by atoms with Gasteiger partial charge in [-0.1, -0.05) is 24.3 Å². The van der Waals surface area contributed by atoms with Gasteiger partial charge in [-0.3, -0.25) is 4.72 Å². The van der Waals surface area contributed by atoms with E-state index in [4.69, 9.17) is 0 Å². The summed E-state index contributed by atoms with van der Waals surface area (Å²) in [6.45, 7) is 3.77. The zero-order chi connectivity index (χ0) is 19.7. The van der Waals surface area contributed by atoms with E-state index in [1.54, 1.807) is 18.2 Å². The van der Waals surface area contributed by atoms with Crippen LogP contribution in [-0.4, -0.2) is 34.6 Å². The molecule has 3 aromatic carbocycles. The minimum Gasteiger partial charge on any atom is -0.368 e. The van der Waals surface area contributed by atoms with Crippen LogP contribution >= 0.6 is 38.5 Å². The molecule has 0 amide bonds. The minimum absolute atomic E-state index is 0.225. The second-order valence-corrected chi connectivity index (χ2v) is 10.3. The van der Waals surface area contributed by atoms with E-state index < -0.39 is 10.0 Å². The normalized spacial score (nSPS) is 15.0. The number of rotatable bonds is 4. The van der Waals surface area contributed by atoms with Crippen molar-refractivity contribution in [1.82, 2.24) is 5.32 Å². The summed E-state index contributed by atoms with van der Waals surface area (Å²) in [6, 6.07) is 17.0. The monoisotopic (exact) mass is 571 g/mol. The quantitative estimate of drug-likeness (QED) is 0.455. The molecule has 1 heterocycles. The van der Waals surface area contributed by atoms with Crippen molar-refractivity contribution in [3.63, 3.8) is 0 Å². The van der Waals surface area contributed by atoms with E-state index in [2.05, 4.69) is 53.5 Å². The summed E-state index contributed by atoms with van der Waals surface area (Å²) >= 11 is 5.53. The molecule has 1 aliphatic heterocycles. The second kappa shape index (κ2) is 8.17. The van der Waals surface area contributed by atoms with E-state index in [0.29, 0.717) is 10.2 Å². The first-order valence-electron chi connectivity index (χ1n) is 8.91. The average molecular weight is 572 g/mol. The molecule has 2 N–H and O–H groups in total. The van der Waals surface area contributed by atoms with Crippen LogP contribution in [-0.2, 0) is 10.0 Å². The highest BCUT2D eigenvalue weighted by atomic mass is 127. The van der Waals surface area contributed by atoms with Gasteiger partial charge >= 0.3 is 0 Å². The Bertz CT molecular complexity index is 1130. The van der Waals surface area contributed by atoms with Gasteiger partial charge in [0.15, 0.2) is 0 Å². The maximum atomic E-state index is 13.0. The molecule has 0 atom stereocenters. The zero-order valence-electron chi connectivity index (χ0n) is 15.0. The van der Waals surface area contributed by atoms with Gasteiger partial charge in [-0.2, -0.15) is 0 Å². The smallest absolute Gasteiger partial charge is 0.263 e. The number of sulfonamides is 1. The Morgan fingerprint density at radius 2 is 1.71 bits per heavy atom. The molecular weight excluding hydrogens is 553 g/mol. The number of nitrogens with one attached hydrogen (secondary N) is 2. The SMILES string of the molecule is O=S(=O)(Nc1ccc(N2CCNCC2)c2ccccc12)c1ccc(I)cc1Br. The number of piperazine rings is 1. The van der Waals surface area contributed by atoms with Crippen LogP contribution in [0.2, 0.25) is 0 Å². The summed E-state index contributed by atoms with van der Waals surface area (Å²) in [7, 11) is -3.71. The standard InChI is InChI=1S/C20H19BrIN3O2S/c21-17-13-14(22)5-8-20(17)28(26,27)24-18-6-7-19(25-11-9-23-10-12-25)16-4-2-1-3-15(16)18/h1-8,13,23-24H,9-12H2. The van der Waals surface area contributed by atoms with E-state index in [-0.39, 0.29) is 4.90 Å². The lowest BCUT2D eigenvalue weighted by Crippen LogP contribution is -2.43. The molecule has 0 aliphatic carbocycles. The highest BCUT2D eigenvalue weighted by Gasteiger charge is 2.20. The molecular formula is C20H19BrIN3O2S. The molecule has 0 radical (unpaired) electrons. The fourth-order valence-corrected chi connectivity index (χ4v) is 6.52. The molecule has 0 unspecified atom stereocenters. The van der Waals surface area contributed by atoms with Crippen molar-refractivity contribution in [3.05, 3.63) is 62.6 Å². The van der Waals surface area contributed by atoms with Crippen molar-refractivity contribution >= 4 is 70.7 Å². The molecule has 4 rings (SSSR count). The highest BCUT2D eigenvalue weighted by Crippen LogP contribution is 2.34. The number of hydrogen-bond donors (Lipinski definition) is 2. The van der Waals surface area contributed by atoms with Crippen molar-refractivity contribution in [3.8, 4) is 0 Å². The first-order chi connectivity index (χ1) is 13.5. The Hall–Kier alpha value is -1.36. The predicted octanol–water partition coefficient (Wildman–Crippen LogP) is 4.42. The van der Waals surface area contributed by atoms with Crippen molar-refractivity contribution in [1.29, 1.82) is 0 Å². The molecule has 0 bridgehead atoms. The van der Waals surface area contributed by atoms with Gasteiger partial charge < -0.3 is 10.2 Å². The highest BCUT2D eigenvalue weighted by molar-refractivity contribution is 14.1. The molecule has 1 saturated heterocycles. The van der Waals surface area contributed by atoms with Gasteiger partial charge in [0, 0.05) is 50.7 Å². The topological polar surface area (TPSA) is 61.4 Å². The van der Waals surface area contributed by atoms with Gasteiger partial charge in [-0.05, 0) is 68.9 Å². The van der Waals surface area contributed by atoms with E-state index in [0.717, 1.165) is 46.2 Å². The van der Waals surface area contributed by atoms with Crippen molar-refractivity contribution in [2.45, 2.75) is 4.90 Å². The first kappa shape index (κ1) is 19.9. The summed E-state index contributed by atoms with van der Waals surface area (Å²) in [5.41, 5.74) is 1.72. The van der Waals surface area contributed by atoms with Gasteiger partial charge in [0.05, 0.1) is 5.69 Å². The Morgan fingerprint density at radius 1 is 1.00 bits per heavy atom. The minimum atomic E-state index is -3.71. The van der Waals surface area contributed by atoms with Gasteiger partial charge in [0.1, 0.15) is 4.90 Å². The molecule has 3 aromatic rings. The van der Waals surface area contributed by atoms with Crippen molar-refractivity contribution in [2.24, 2.45) is 0 Å². The van der Waals surface area contributed by atoms with Crippen LogP contribution in [0.4, 0.5) is 11.4 Å². The number of benzene rings is 3. The maximum Gasteiger partial charge on any atom is 0.263 e. The fourth-order valence-electron chi connectivity index (χ4n) is 3.45. The molecule has 5 nitrogen and oxygen atoms in total. The summed E-state index contributed by atoms with van der Waals surface area (Å²) in [5.74, 6) is 0. The van der Waals surface area contributed by atoms with E-state index in [1.807, 2.05) is 36.4 Å². The fraction of sp³-hybridized carbons (Fsp3) is 0.200. The number of halogens is 2. The van der Waals surface area contributed by atoms with Crippen LogP contribution in [0.15, 0.2) is 64.0 Å². The molecule has 0 spiro atoms. The van der Waals surface area contributed by atoms with Crippen LogP contribution in [0.25, 0.3) is 10.8 Å². The molecule has 8 heteroatoms. The number of hydrogen-bond acceptors (Lipinski definition) is 4. The summed E-state index contributed by atoms with van der Waals surface area (Å²) in [4.78, 5) is 2.57. The lowest BCUT2D eigenvalue weighted by Gasteiger charge is -2.30. The Labute approximate surface area is 186 Å². The van der Waals surface area contributed by atoms with Crippen LogP contribution in [0, 0.1) is 3.57 Å². The summed E-state index contributed by atoms with van der Waals surface area (Å²) < 4.78 is 30.3. The number of anilines is 2. The zero-order valence-corrected chi connectivity index (χ0v) is 19.5. The average Bonchev–Trinajstić information content (AvgIpc) is 2.68. The van der Waals surface area contributed by atoms with Crippen LogP contribution in [0.1, 0.15) is 0 Å². The van der Waals surface area contributed by atoms with Gasteiger partial charge in [0.25, 0.3) is 10.0 Å². The van der Waals surface area contributed by atoms with Crippen LogP contribution in [0.3, 0.4) is 0 Å². The molecule has 1 fully saturated rings. The Morgan fingerprint density at radius 3 is 2.43 bits per heavy atom. The van der Waals surface area contributed by atoms with E-state index >= 15 is 0 Å². The molecule has 1 aliphatic rings. The largest absolute Gasteiger partial charge is 0.368 e. The number of fused-ring (bicyclic) bond motifs is 1. The molecule has 28 heavy (non-hydrogen) atoms. The lowest BCUT2D eigenvalue weighted by molar-refractivity contribution is 0.590. The summed E-state index contributed by atoms with van der Waals surface area (Å²) in [6.07, 6.45) is 0. The first-order valence-corrected chi connectivity index (χ1v) is 12.3.